The van der Waals surface area contributed by atoms with Crippen molar-refractivity contribution in [3.05, 3.63) is 68.6 Å². The third kappa shape index (κ3) is 6.14. The van der Waals surface area contributed by atoms with E-state index in [1.165, 1.54) is 0 Å². The molecule has 1 amide bonds. The lowest BCUT2D eigenvalue weighted by Gasteiger charge is -2.26. The van der Waals surface area contributed by atoms with Gasteiger partial charge in [0.05, 0.1) is 36.3 Å². The number of aryl methyl sites for hydroxylation is 2. The largest absolute Gasteiger partial charge is 0.490 e. The number of benzene rings is 2. The molecule has 3 aromatic rings. The summed E-state index contributed by atoms with van der Waals surface area (Å²) in [7, 11) is 0. The Bertz CT molecular complexity index is 1390. The summed E-state index contributed by atoms with van der Waals surface area (Å²) in [6.07, 6.45) is 1.66. The molecule has 0 radical (unpaired) electrons. The quantitative estimate of drug-likeness (QED) is 0.243. The van der Waals surface area contributed by atoms with Crippen LogP contribution in [-0.2, 0) is 4.74 Å². The van der Waals surface area contributed by atoms with Crippen LogP contribution in [0.1, 0.15) is 86.3 Å². The Morgan fingerprint density at radius 2 is 1.74 bits per heavy atom. The van der Waals surface area contributed by atoms with Gasteiger partial charge in [0, 0.05) is 13.2 Å². The van der Waals surface area contributed by atoms with Gasteiger partial charge in [-0.2, -0.15) is 0 Å². The van der Waals surface area contributed by atoms with E-state index < -0.39 is 6.04 Å². The molecule has 1 aromatic heterocycles. The highest BCUT2D eigenvalue weighted by atomic mass is 16.5. The molecule has 0 bridgehead atoms. The minimum Gasteiger partial charge on any atom is -0.490 e. The van der Waals surface area contributed by atoms with E-state index in [0.29, 0.717) is 66.7 Å². The summed E-state index contributed by atoms with van der Waals surface area (Å²) in [5.41, 5.74) is 3.25. The van der Waals surface area contributed by atoms with Gasteiger partial charge in [0.15, 0.2) is 16.9 Å². The predicted molar refractivity (Wildman–Crippen MR) is 153 cm³/mol. The molecule has 7 heteroatoms. The predicted octanol–water partition coefficient (Wildman–Crippen LogP) is 6.59. The summed E-state index contributed by atoms with van der Waals surface area (Å²) >= 11 is 0. The molecule has 0 fully saturated rings. The zero-order chi connectivity index (χ0) is 28.3. The van der Waals surface area contributed by atoms with Crippen molar-refractivity contribution < 1.29 is 23.4 Å². The van der Waals surface area contributed by atoms with Crippen molar-refractivity contribution in [2.24, 2.45) is 5.92 Å². The van der Waals surface area contributed by atoms with Crippen molar-refractivity contribution >= 4 is 16.9 Å². The van der Waals surface area contributed by atoms with Gasteiger partial charge in [-0.05, 0) is 88.3 Å². The smallest absolute Gasteiger partial charge is 0.290 e. The lowest BCUT2D eigenvalue weighted by molar-refractivity contribution is 0.0593. The molecule has 4 rings (SSSR count). The number of hydrogen-bond acceptors (Lipinski definition) is 6. The summed E-state index contributed by atoms with van der Waals surface area (Å²) in [6.45, 7) is 16.0. The molecule has 210 valence electrons. The molecule has 1 aliphatic rings. The van der Waals surface area contributed by atoms with E-state index in [2.05, 4.69) is 13.8 Å². The van der Waals surface area contributed by atoms with Crippen LogP contribution in [0.15, 0.2) is 39.5 Å². The zero-order valence-electron chi connectivity index (χ0n) is 24.3. The molecule has 2 aromatic carbocycles. The number of ether oxygens (including phenoxy) is 3. The third-order valence-electron chi connectivity index (χ3n) is 6.93. The van der Waals surface area contributed by atoms with Crippen molar-refractivity contribution in [3.63, 3.8) is 0 Å². The van der Waals surface area contributed by atoms with E-state index in [1.54, 1.807) is 4.90 Å². The molecule has 0 N–H and O–H groups in total. The van der Waals surface area contributed by atoms with Crippen LogP contribution in [0.4, 0.5) is 0 Å². The first-order chi connectivity index (χ1) is 18.6. The van der Waals surface area contributed by atoms with Gasteiger partial charge >= 0.3 is 0 Å². The average molecular weight is 536 g/mol. The molecule has 0 saturated carbocycles. The second kappa shape index (κ2) is 12.2. The zero-order valence-corrected chi connectivity index (χ0v) is 24.3. The fraction of sp³-hybridized carbons (Fsp3) is 0.500. The first-order valence-electron chi connectivity index (χ1n) is 14.0. The van der Waals surface area contributed by atoms with Crippen LogP contribution >= 0.6 is 0 Å². The maximum Gasteiger partial charge on any atom is 0.290 e. The lowest BCUT2D eigenvalue weighted by atomic mass is 9.97. The van der Waals surface area contributed by atoms with E-state index in [0.717, 1.165) is 23.1 Å². The monoisotopic (exact) mass is 535 g/mol. The fourth-order valence-electron chi connectivity index (χ4n) is 5.09. The normalized spacial score (nSPS) is 15.1. The highest BCUT2D eigenvalue weighted by molar-refractivity contribution is 5.99. The summed E-state index contributed by atoms with van der Waals surface area (Å²) in [5, 5.41) is 0.493. The Hall–Kier alpha value is -3.32. The number of nitrogens with zero attached hydrogens (tertiary/aromatic N) is 1. The van der Waals surface area contributed by atoms with E-state index in [1.807, 2.05) is 65.0 Å². The summed E-state index contributed by atoms with van der Waals surface area (Å²) in [4.78, 5) is 29.5. The Balaban J connectivity index is 1.81. The van der Waals surface area contributed by atoms with Gasteiger partial charge in [-0.15, -0.1) is 0 Å². The maximum atomic E-state index is 14.0. The van der Waals surface area contributed by atoms with Gasteiger partial charge in [0.1, 0.15) is 5.58 Å². The van der Waals surface area contributed by atoms with E-state index in [9.17, 15) is 9.59 Å². The van der Waals surface area contributed by atoms with Crippen LogP contribution in [0.2, 0.25) is 0 Å². The van der Waals surface area contributed by atoms with Crippen LogP contribution < -0.4 is 14.9 Å². The average Bonchev–Trinajstić information content (AvgIpc) is 3.15. The van der Waals surface area contributed by atoms with Crippen molar-refractivity contribution in [1.29, 1.82) is 0 Å². The molecular weight excluding hydrogens is 494 g/mol. The highest BCUT2D eigenvalue weighted by Crippen LogP contribution is 2.41. The number of fused-ring (bicyclic) bond motifs is 2. The van der Waals surface area contributed by atoms with Gasteiger partial charge in [0.25, 0.3) is 5.91 Å². The molecule has 1 aliphatic heterocycles. The van der Waals surface area contributed by atoms with Crippen molar-refractivity contribution in [1.82, 2.24) is 4.90 Å². The van der Waals surface area contributed by atoms with Crippen molar-refractivity contribution in [2.75, 3.05) is 26.4 Å². The summed E-state index contributed by atoms with van der Waals surface area (Å²) < 4.78 is 23.9. The minimum absolute atomic E-state index is 0.101. The van der Waals surface area contributed by atoms with E-state index in [-0.39, 0.29) is 23.2 Å². The van der Waals surface area contributed by atoms with Crippen LogP contribution in [-0.4, -0.2) is 43.3 Å². The molecule has 7 nitrogen and oxygen atoms in total. The standard InChI is InChI=1S/C32H41NO6/c1-8-36-26-18-23(10-11-25(26)38-15-12-19(2)3)28-27-29(34)24-17-21(6)16-22(7)30(24)39-31(27)32(35)33(28)13-9-14-37-20(4)5/h10-11,16-20,28H,8-9,12-15H2,1-7H3. The second-order valence-electron chi connectivity index (χ2n) is 11.0. The van der Waals surface area contributed by atoms with E-state index in [4.69, 9.17) is 18.6 Å². The van der Waals surface area contributed by atoms with Gasteiger partial charge in [0.2, 0.25) is 5.76 Å². The van der Waals surface area contributed by atoms with Crippen molar-refractivity contribution in [3.8, 4) is 11.5 Å². The first kappa shape index (κ1) is 28.7. The van der Waals surface area contributed by atoms with Gasteiger partial charge in [-0.25, -0.2) is 0 Å². The van der Waals surface area contributed by atoms with Gasteiger partial charge in [-0.1, -0.05) is 26.0 Å². The number of rotatable bonds is 12. The number of carbonyl (C=O) groups is 1. The molecule has 39 heavy (non-hydrogen) atoms. The van der Waals surface area contributed by atoms with Crippen molar-refractivity contribution in [2.45, 2.75) is 73.5 Å². The van der Waals surface area contributed by atoms with Gasteiger partial charge in [-0.3, -0.25) is 9.59 Å². The van der Waals surface area contributed by atoms with E-state index >= 15 is 0 Å². The molecule has 0 saturated heterocycles. The Labute approximate surface area is 231 Å². The van der Waals surface area contributed by atoms with Crippen LogP contribution in [0.5, 0.6) is 11.5 Å². The Kier molecular flexibility index (Phi) is 9.01. The van der Waals surface area contributed by atoms with Crippen LogP contribution in [0, 0.1) is 19.8 Å². The maximum absolute atomic E-state index is 14.0. The summed E-state index contributed by atoms with van der Waals surface area (Å²) in [5.74, 6) is 1.60. The Morgan fingerprint density at radius 3 is 2.44 bits per heavy atom. The molecule has 1 atom stereocenters. The molecule has 0 aliphatic carbocycles. The van der Waals surface area contributed by atoms with Crippen LogP contribution in [0.3, 0.4) is 0 Å². The Morgan fingerprint density at radius 1 is 0.974 bits per heavy atom. The lowest BCUT2D eigenvalue weighted by Crippen LogP contribution is -2.31. The summed E-state index contributed by atoms with van der Waals surface area (Å²) in [6, 6.07) is 8.89. The number of carbonyl (C=O) groups excluding carboxylic acids is 1. The minimum atomic E-state index is -0.600. The third-order valence-corrected chi connectivity index (χ3v) is 6.93. The second-order valence-corrected chi connectivity index (χ2v) is 11.0. The number of hydrogen-bond donors (Lipinski definition) is 0. The molecular formula is C32H41NO6. The first-order valence-corrected chi connectivity index (χ1v) is 14.0. The molecule has 1 unspecified atom stereocenters. The number of amides is 1. The fourth-order valence-corrected chi connectivity index (χ4v) is 5.09. The molecule has 0 spiro atoms. The van der Waals surface area contributed by atoms with Gasteiger partial charge < -0.3 is 23.5 Å². The molecule has 2 heterocycles. The highest BCUT2D eigenvalue weighted by Gasteiger charge is 2.43. The topological polar surface area (TPSA) is 78.2 Å². The SMILES string of the molecule is CCOc1cc(C2c3c(oc4c(C)cc(C)cc4c3=O)C(=O)N2CCCOC(C)C)ccc1OCCC(C)C. The van der Waals surface area contributed by atoms with Crippen LogP contribution in [0.25, 0.3) is 11.0 Å².